The Kier molecular flexibility index (Phi) is 1.90. The normalized spacial score (nSPS) is 22.5. The molecular formula is C10H14N2. The third-order valence-corrected chi connectivity index (χ3v) is 2.38. The SMILES string of the molecule is NC1=CC=CCC2=C1NCCC2. The van der Waals surface area contributed by atoms with Crippen molar-refractivity contribution >= 4 is 0 Å². The lowest BCUT2D eigenvalue weighted by atomic mass is 10.0. The highest BCUT2D eigenvalue weighted by atomic mass is 14.9. The van der Waals surface area contributed by atoms with E-state index < -0.39 is 0 Å². The summed E-state index contributed by atoms with van der Waals surface area (Å²) in [6, 6.07) is 0. The van der Waals surface area contributed by atoms with Crippen molar-refractivity contribution in [3.63, 3.8) is 0 Å². The van der Waals surface area contributed by atoms with Gasteiger partial charge in [0.2, 0.25) is 0 Å². The monoisotopic (exact) mass is 162 g/mol. The quantitative estimate of drug-likeness (QED) is 0.565. The zero-order chi connectivity index (χ0) is 8.39. The summed E-state index contributed by atoms with van der Waals surface area (Å²) in [6.07, 6.45) is 9.67. The van der Waals surface area contributed by atoms with E-state index in [1.54, 1.807) is 0 Å². The van der Waals surface area contributed by atoms with Crippen LogP contribution in [0.15, 0.2) is 35.2 Å². The summed E-state index contributed by atoms with van der Waals surface area (Å²) in [5.41, 5.74) is 9.41. The van der Waals surface area contributed by atoms with E-state index in [0.717, 1.165) is 18.7 Å². The molecule has 1 heterocycles. The maximum absolute atomic E-state index is 5.88. The van der Waals surface area contributed by atoms with Crippen LogP contribution >= 0.6 is 0 Å². The Morgan fingerprint density at radius 2 is 2.33 bits per heavy atom. The Morgan fingerprint density at radius 3 is 3.25 bits per heavy atom. The molecule has 0 aromatic heterocycles. The summed E-state index contributed by atoms with van der Waals surface area (Å²) in [6.45, 7) is 1.06. The predicted molar refractivity (Wildman–Crippen MR) is 50.3 cm³/mol. The van der Waals surface area contributed by atoms with Gasteiger partial charge in [-0.05, 0) is 30.9 Å². The highest BCUT2D eigenvalue weighted by Gasteiger charge is 2.13. The molecular weight excluding hydrogens is 148 g/mol. The number of nitrogens with two attached hydrogens (primary N) is 1. The fraction of sp³-hybridized carbons (Fsp3) is 0.400. The third kappa shape index (κ3) is 1.24. The van der Waals surface area contributed by atoms with E-state index in [0.29, 0.717) is 0 Å². The first-order valence-corrected chi connectivity index (χ1v) is 4.46. The predicted octanol–water partition coefficient (Wildman–Crippen LogP) is 1.43. The van der Waals surface area contributed by atoms with E-state index >= 15 is 0 Å². The average Bonchev–Trinajstić information content (AvgIpc) is 2.29. The van der Waals surface area contributed by atoms with Gasteiger partial charge in [0.25, 0.3) is 0 Å². The van der Waals surface area contributed by atoms with Crippen molar-refractivity contribution in [2.45, 2.75) is 19.3 Å². The molecule has 1 aliphatic carbocycles. The van der Waals surface area contributed by atoms with E-state index in [-0.39, 0.29) is 0 Å². The Hall–Kier alpha value is -1.18. The molecule has 0 amide bonds. The Morgan fingerprint density at radius 1 is 1.42 bits per heavy atom. The Balaban J connectivity index is 2.35. The molecule has 0 aromatic rings. The van der Waals surface area contributed by atoms with Crippen LogP contribution in [0.25, 0.3) is 0 Å². The first kappa shape index (κ1) is 7.47. The van der Waals surface area contributed by atoms with Gasteiger partial charge in [0.05, 0.1) is 11.4 Å². The molecule has 2 nitrogen and oxygen atoms in total. The molecule has 0 saturated heterocycles. The minimum Gasteiger partial charge on any atom is -0.397 e. The second kappa shape index (κ2) is 3.05. The maximum Gasteiger partial charge on any atom is 0.0568 e. The topological polar surface area (TPSA) is 38.0 Å². The second-order valence-corrected chi connectivity index (χ2v) is 3.26. The summed E-state index contributed by atoms with van der Waals surface area (Å²) in [5.74, 6) is 0. The van der Waals surface area contributed by atoms with Gasteiger partial charge < -0.3 is 11.1 Å². The molecule has 2 rings (SSSR count). The van der Waals surface area contributed by atoms with E-state index in [4.69, 9.17) is 5.73 Å². The molecule has 2 aliphatic rings. The summed E-state index contributed by atoms with van der Waals surface area (Å²) in [7, 11) is 0. The molecule has 0 atom stereocenters. The van der Waals surface area contributed by atoms with Gasteiger partial charge in [-0.25, -0.2) is 0 Å². The molecule has 0 fully saturated rings. The van der Waals surface area contributed by atoms with Gasteiger partial charge >= 0.3 is 0 Å². The van der Waals surface area contributed by atoms with Crippen LogP contribution < -0.4 is 11.1 Å². The summed E-state index contributed by atoms with van der Waals surface area (Å²) in [4.78, 5) is 0. The van der Waals surface area contributed by atoms with Gasteiger partial charge in [-0.2, -0.15) is 0 Å². The van der Waals surface area contributed by atoms with E-state index in [9.17, 15) is 0 Å². The van der Waals surface area contributed by atoms with Crippen molar-refractivity contribution in [1.29, 1.82) is 0 Å². The molecule has 0 unspecified atom stereocenters. The third-order valence-electron chi connectivity index (χ3n) is 2.38. The fourth-order valence-electron chi connectivity index (χ4n) is 1.74. The highest BCUT2D eigenvalue weighted by molar-refractivity contribution is 5.38. The summed E-state index contributed by atoms with van der Waals surface area (Å²) < 4.78 is 0. The van der Waals surface area contributed by atoms with Crippen LogP contribution in [0.5, 0.6) is 0 Å². The molecule has 0 spiro atoms. The van der Waals surface area contributed by atoms with Gasteiger partial charge in [0.15, 0.2) is 0 Å². The van der Waals surface area contributed by atoms with Crippen LogP contribution in [0.3, 0.4) is 0 Å². The summed E-state index contributed by atoms with van der Waals surface area (Å²) >= 11 is 0. The lowest BCUT2D eigenvalue weighted by Gasteiger charge is -2.20. The van der Waals surface area contributed by atoms with Crippen molar-refractivity contribution < 1.29 is 0 Å². The van der Waals surface area contributed by atoms with Crippen molar-refractivity contribution in [2.75, 3.05) is 6.54 Å². The maximum atomic E-state index is 5.88. The molecule has 1 aliphatic heterocycles. The molecule has 3 N–H and O–H groups in total. The average molecular weight is 162 g/mol. The lowest BCUT2D eigenvalue weighted by Crippen LogP contribution is -2.25. The van der Waals surface area contributed by atoms with Gasteiger partial charge in [-0.1, -0.05) is 12.2 Å². The van der Waals surface area contributed by atoms with Crippen molar-refractivity contribution in [3.8, 4) is 0 Å². The minimum absolute atomic E-state index is 0.887. The summed E-state index contributed by atoms with van der Waals surface area (Å²) in [5, 5.41) is 3.36. The lowest BCUT2D eigenvalue weighted by molar-refractivity contribution is 0.657. The number of hydrogen-bond donors (Lipinski definition) is 2. The van der Waals surface area contributed by atoms with E-state index in [1.165, 1.54) is 24.1 Å². The fourth-order valence-corrected chi connectivity index (χ4v) is 1.74. The van der Waals surface area contributed by atoms with E-state index in [1.807, 2.05) is 12.2 Å². The van der Waals surface area contributed by atoms with Gasteiger partial charge in [0, 0.05) is 6.54 Å². The molecule has 0 bridgehead atoms. The van der Waals surface area contributed by atoms with Crippen molar-refractivity contribution in [1.82, 2.24) is 5.32 Å². The number of rotatable bonds is 0. The van der Waals surface area contributed by atoms with Gasteiger partial charge in [-0.3, -0.25) is 0 Å². The van der Waals surface area contributed by atoms with Gasteiger partial charge in [-0.15, -0.1) is 0 Å². The minimum atomic E-state index is 0.887. The Labute approximate surface area is 72.8 Å². The number of nitrogens with one attached hydrogen (secondary N) is 1. The van der Waals surface area contributed by atoms with Crippen molar-refractivity contribution in [3.05, 3.63) is 35.2 Å². The zero-order valence-corrected chi connectivity index (χ0v) is 7.14. The van der Waals surface area contributed by atoms with Crippen LogP contribution in [0.1, 0.15) is 19.3 Å². The zero-order valence-electron chi connectivity index (χ0n) is 7.14. The van der Waals surface area contributed by atoms with Gasteiger partial charge in [0.1, 0.15) is 0 Å². The van der Waals surface area contributed by atoms with Crippen LogP contribution in [-0.2, 0) is 0 Å². The number of allylic oxidation sites excluding steroid dienone is 4. The molecule has 0 radical (unpaired) electrons. The van der Waals surface area contributed by atoms with Crippen LogP contribution in [-0.4, -0.2) is 6.54 Å². The molecule has 2 heteroatoms. The Bertz CT molecular complexity index is 272. The smallest absolute Gasteiger partial charge is 0.0568 e. The van der Waals surface area contributed by atoms with Crippen LogP contribution in [0, 0.1) is 0 Å². The standard InChI is InChI=1S/C10H14N2/c11-9-6-2-1-4-8-5-3-7-12-10(8)9/h1-2,6,12H,3-5,7,11H2. The van der Waals surface area contributed by atoms with E-state index in [2.05, 4.69) is 11.4 Å². The second-order valence-electron chi connectivity index (χ2n) is 3.26. The largest absolute Gasteiger partial charge is 0.397 e. The first-order valence-electron chi connectivity index (χ1n) is 4.46. The van der Waals surface area contributed by atoms with Crippen LogP contribution in [0.4, 0.5) is 0 Å². The molecule has 0 saturated carbocycles. The molecule has 0 aromatic carbocycles. The molecule has 12 heavy (non-hydrogen) atoms. The van der Waals surface area contributed by atoms with Crippen LogP contribution in [0.2, 0.25) is 0 Å². The highest BCUT2D eigenvalue weighted by Crippen LogP contribution is 2.23. The number of hydrogen-bond acceptors (Lipinski definition) is 2. The molecule has 64 valence electrons. The van der Waals surface area contributed by atoms with Crippen molar-refractivity contribution in [2.24, 2.45) is 5.73 Å². The first-order chi connectivity index (χ1) is 5.88.